The minimum atomic E-state index is 0.250. The summed E-state index contributed by atoms with van der Waals surface area (Å²) in [5, 5.41) is 17.4. The number of hydrogen-bond acceptors (Lipinski definition) is 2. The Morgan fingerprint density at radius 2 is 1.55 bits per heavy atom. The topological polar surface area (TPSA) is 47.6 Å². The van der Waals surface area contributed by atoms with Gasteiger partial charge in [-0.15, -0.1) is 0 Å². The van der Waals surface area contributed by atoms with Crippen molar-refractivity contribution < 1.29 is 0 Å². The van der Waals surface area contributed by atoms with Crippen molar-refractivity contribution in [3.05, 3.63) is 23.3 Å². The first-order chi connectivity index (χ1) is 5.36. The number of allylic oxidation sites excluding steroid dienone is 4. The van der Waals surface area contributed by atoms with Crippen LogP contribution in [-0.4, -0.2) is 0 Å². The number of nitriles is 2. The number of rotatable bonds is 0. The molecule has 0 saturated heterocycles. The minimum Gasteiger partial charge on any atom is -0.193 e. The van der Waals surface area contributed by atoms with Gasteiger partial charge in [-0.05, 0) is 6.42 Å². The van der Waals surface area contributed by atoms with Crippen molar-refractivity contribution >= 4 is 0 Å². The van der Waals surface area contributed by atoms with Gasteiger partial charge in [-0.3, -0.25) is 0 Å². The van der Waals surface area contributed by atoms with Gasteiger partial charge in [0.25, 0.3) is 0 Å². The van der Waals surface area contributed by atoms with Crippen LogP contribution in [0.15, 0.2) is 23.3 Å². The number of hydrogen-bond donors (Lipinski definition) is 0. The van der Waals surface area contributed by atoms with E-state index >= 15 is 0 Å². The molecule has 0 aliphatic heterocycles. The van der Waals surface area contributed by atoms with Crippen LogP contribution in [0.2, 0.25) is 0 Å². The highest BCUT2D eigenvalue weighted by molar-refractivity contribution is 5.50. The molecule has 0 aromatic heterocycles. The van der Waals surface area contributed by atoms with Crippen LogP contribution in [0.5, 0.6) is 0 Å². The van der Waals surface area contributed by atoms with Crippen LogP contribution in [0.1, 0.15) is 6.42 Å². The van der Waals surface area contributed by atoms with Gasteiger partial charge in [0.2, 0.25) is 0 Å². The maximum Gasteiger partial charge on any atom is 0.0964 e. The normalized spacial score (nSPS) is 32.2. The monoisotopic (exact) mass is 142 g/mol. The van der Waals surface area contributed by atoms with Crippen molar-refractivity contribution in [2.24, 2.45) is 11.8 Å². The molecule has 0 amide bonds. The van der Waals surface area contributed by atoms with Crippen LogP contribution >= 0.6 is 0 Å². The summed E-state index contributed by atoms with van der Waals surface area (Å²) in [5.74, 6) is 0.499. The fourth-order valence-electron chi connectivity index (χ4n) is 1.81. The summed E-state index contributed by atoms with van der Waals surface area (Å²) >= 11 is 0. The van der Waals surface area contributed by atoms with Gasteiger partial charge < -0.3 is 0 Å². The van der Waals surface area contributed by atoms with Gasteiger partial charge in [0.1, 0.15) is 0 Å². The van der Waals surface area contributed by atoms with E-state index in [1.807, 2.05) is 12.2 Å². The summed E-state index contributed by atoms with van der Waals surface area (Å²) in [7, 11) is 0. The molecule has 2 aliphatic rings. The fraction of sp³-hybridized carbons (Fsp3) is 0.333. The van der Waals surface area contributed by atoms with Gasteiger partial charge >= 0.3 is 0 Å². The summed E-state index contributed by atoms with van der Waals surface area (Å²) in [5.41, 5.74) is 1.39. The number of fused-ring (bicyclic) bond motifs is 2. The van der Waals surface area contributed by atoms with Crippen molar-refractivity contribution in [3.63, 3.8) is 0 Å². The van der Waals surface area contributed by atoms with Crippen molar-refractivity contribution in [2.45, 2.75) is 6.42 Å². The highest BCUT2D eigenvalue weighted by Gasteiger charge is 2.35. The fourth-order valence-corrected chi connectivity index (χ4v) is 1.81. The smallest absolute Gasteiger partial charge is 0.0964 e. The average molecular weight is 142 g/mol. The zero-order valence-electron chi connectivity index (χ0n) is 5.91. The number of nitrogens with zero attached hydrogens (tertiary/aromatic N) is 2. The summed E-state index contributed by atoms with van der Waals surface area (Å²) in [6, 6.07) is 4.20. The molecule has 2 aliphatic carbocycles. The second-order valence-electron chi connectivity index (χ2n) is 2.88. The van der Waals surface area contributed by atoms with E-state index in [9.17, 15) is 0 Å². The molecule has 0 fully saturated rings. The maximum atomic E-state index is 8.70. The quantitative estimate of drug-likeness (QED) is 0.481. The lowest BCUT2D eigenvalue weighted by atomic mass is 9.99. The predicted octanol–water partition coefficient (Wildman–Crippen LogP) is 1.54. The van der Waals surface area contributed by atoms with E-state index in [4.69, 9.17) is 10.5 Å². The Hall–Kier alpha value is -1.54. The van der Waals surface area contributed by atoms with E-state index in [1.165, 1.54) is 0 Å². The third-order valence-corrected chi connectivity index (χ3v) is 2.36. The molecule has 0 saturated carbocycles. The Morgan fingerprint density at radius 1 is 1.09 bits per heavy atom. The molecule has 2 rings (SSSR count). The molecule has 0 aromatic rings. The molecule has 2 heteroatoms. The minimum absolute atomic E-state index is 0.250. The van der Waals surface area contributed by atoms with Crippen molar-refractivity contribution in [3.8, 4) is 12.1 Å². The van der Waals surface area contributed by atoms with Crippen LogP contribution in [0.4, 0.5) is 0 Å². The second-order valence-corrected chi connectivity index (χ2v) is 2.88. The van der Waals surface area contributed by atoms with Gasteiger partial charge in [-0.1, -0.05) is 12.2 Å². The second kappa shape index (κ2) is 1.97. The predicted molar refractivity (Wildman–Crippen MR) is 39.0 cm³/mol. The third kappa shape index (κ3) is 0.641. The molecule has 0 spiro atoms. The summed E-state index contributed by atoms with van der Waals surface area (Å²) < 4.78 is 0. The Balaban J connectivity index is 2.50. The lowest BCUT2D eigenvalue weighted by molar-refractivity contribution is 0.714. The Bertz CT molecular complexity index is 304. The first-order valence-corrected chi connectivity index (χ1v) is 3.59. The third-order valence-electron chi connectivity index (χ3n) is 2.36. The molecule has 0 N–H and O–H groups in total. The first kappa shape index (κ1) is 6.19. The van der Waals surface area contributed by atoms with Crippen molar-refractivity contribution in [2.75, 3.05) is 0 Å². The lowest BCUT2D eigenvalue weighted by Gasteiger charge is -2.01. The highest BCUT2D eigenvalue weighted by atomic mass is 14.4. The lowest BCUT2D eigenvalue weighted by Crippen LogP contribution is -1.94. The maximum absolute atomic E-state index is 8.70. The average Bonchev–Trinajstić information content (AvgIpc) is 2.60. The summed E-state index contributed by atoms with van der Waals surface area (Å²) in [6.45, 7) is 0. The van der Waals surface area contributed by atoms with Crippen LogP contribution in [0, 0.1) is 34.5 Å². The SMILES string of the molecule is N#CC1=C(C#N)C2C=CC1C2. The van der Waals surface area contributed by atoms with Gasteiger partial charge in [0.15, 0.2) is 0 Å². The highest BCUT2D eigenvalue weighted by Crippen LogP contribution is 2.42. The zero-order valence-corrected chi connectivity index (χ0v) is 5.91. The Kier molecular flexibility index (Phi) is 1.11. The van der Waals surface area contributed by atoms with Crippen LogP contribution in [0.3, 0.4) is 0 Å². The summed E-state index contributed by atoms with van der Waals surface area (Å²) in [6.07, 6.45) is 5.01. The Labute approximate surface area is 65.1 Å². The molecular weight excluding hydrogens is 136 g/mol. The van der Waals surface area contributed by atoms with Crippen molar-refractivity contribution in [1.82, 2.24) is 0 Å². The van der Waals surface area contributed by atoms with Crippen molar-refractivity contribution in [1.29, 1.82) is 10.5 Å². The molecular formula is C9H6N2. The summed E-state index contributed by atoms with van der Waals surface area (Å²) in [4.78, 5) is 0. The van der Waals surface area contributed by atoms with Crippen LogP contribution in [0.25, 0.3) is 0 Å². The van der Waals surface area contributed by atoms with Crippen LogP contribution < -0.4 is 0 Å². The molecule has 0 radical (unpaired) electrons. The molecule has 2 unspecified atom stereocenters. The van der Waals surface area contributed by atoms with E-state index in [1.54, 1.807) is 0 Å². The standard InChI is InChI=1S/C9H6N2/c10-4-8-6-1-2-7(3-6)9(8)5-11/h1-2,6-7H,3H2. The Morgan fingerprint density at radius 3 is 1.91 bits per heavy atom. The molecule has 0 aromatic carbocycles. The van der Waals surface area contributed by atoms with Gasteiger partial charge in [0.05, 0.1) is 23.3 Å². The zero-order chi connectivity index (χ0) is 7.84. The molecule has 2 bridgehead atoms. The molecule has 52 valence electrons. The molecule has 2 nitrogen and oxygen atoms in total. The van der Waals surface area contributed by atoms with E-state index < -0.39 is 0 Å². The molecule has 11 heavy (non-hydrogen) atoms. The molecule has 0 heterocycles. The van der Waals surface area contributed by atoms with Gasteiger partial charge in [0, 0.05) is 11.8 Å². The van der Waals surface area contributed by atoms with Crippen LogP contribution in [-0.2, 0) is 0 Å². The van der Waals surface area contributed by atoms with E-state index in [2.05, 4.69) is 12.1 Å². The van der Waals surface area contributed by atoms with Gasteiger partial charge in [-0.2, -0.15) is 10.5 Å². The molecule has 2 atom stereocenters. The van der Waals surface area contributed by atoms with Gasteiger partial charge in [-0.25, -0.2) is 0 Å². The largest absolute Gasteiger partial charge is 0.193 e. The van der Waals surface area contributed by atoms with E-state index in [-0.39, 0.29) is 11.8 Å². The van der Waals surface area contributed by atoms with E-state index in [0.29, 0.717) is 11.1 Å². The first-order valence-electron chi connectivity index (χ1n) is 3.59. The van der Waals surface area contributed by atoms with E-state index in [0.717, 1.165) is 6.42 Å².